The summed E-state index contributed by atoms with van der Waals surface area (Å²) in [5.74, 6) is 0. The van der Waals surface area contributed by atoms with Gasteiger partial charge >= 0.3 is 0 Å². The summed E-state index contributed by atoms with van der Waals surface area (Å²) in [6.07, 6.45) is 7.02. The van der Waals surface area contributed by atoms with Gasteiger partial charge in [-0.25, -0.2) is 0 Å². The maximum Gasteiger partial charge on any atom is 0.101 e. The van der Waals surface area contributed by atoms with Gasteiger partial charge < -0.3 is 4.48 Å². The standard InChI is InChI=1S/C15H33N2/c1-6-7-8-9-10-15-13-16(14(2)3)11-12-17(15,4)5/h14-15H,6-13H2,1-5H3/q+1. The summed E-state index contributed by atoms with van der Waals surface area (Å²) in [5.41, 5.74) is 0. The molecule has 0 amide bonds. The first kappa shape index (κ1) is 15.0. The largest absolute Gasteiger partial charge is 0.324 e. The predicted molar refractivity (Wildman–Crippen MR) is 76.2 cm³/mol. The molecule has 2 nitrogen and oxygen atoms in total. The Morgan fingerprint density at radius 1 is 1.18 bits per heavy atom. The predicted octanol–water partition coefficient (Wildman–Crippen LogP) is 3.13. The summed E-state index contributed by atoms with van der Waals surface area (Å²) < 4.78 is 1.23. The second-order valence-electron chi connectivity index (χ2n) is 6.59. The molecule has 0 N–H and O–H groups in total. The molecule has 0 spiro atoms. The highest BCUT2D eigenvalue weighted by molar-refractivity contribution is 4.74. The first-order valence-electron chi connectivity index (χ1n) is 7.54. The lowest BCUT2D eigenvalue weighted by Crippen LogP contribution is -2.62. The zero-order valence-electron chi connectivity index (χ0n) is 12.7. The van der Waals surface area contributed by atoms with E-state index in [1.54, 1.807) is 0 Å². The molecule has 1 rings (SSSR count). The zero-order chi connectivity index (χ0) is 12.9. The van der Waals surface area contributed by atoms with Crippen LogP contribution in [0.3, 0.4) is 0 Å². The SMILES string of the molecule is CCCCCCC1CN(C(C)C)CC[N+]1(C)C. The summed E-state index contributed by atoms with van der Waals surface area (Å²) in [4.78, 5) is 2.66. The van der Waals surface area contributed by atoms with Gasteiger partial charge in [-0.05, 0) is 20.3 Å². The van der Waals surface area contributed by atoms with E-state index in [0.29, 0.717) is 6.04 Å². The van der Waals surface area contributed by atoms with Gasteiger partial charge in [0.05, 0.1) is 27.2 Å². The molecule has 1 unspecified atom stereocenters. The summed E-state index contributed by atoms with van der Waals surface area (Å²) in [6, 6.07) is 1.57. The average molecular weight is 241 g/mol. The van der Waals surface area contributed by atoms with Crippen molar-refractivity contribution in [2.75, 3.05) is 33.7 Å². The number of likely N-dealkylation sites (N-methyl/N-ethyl adjacent to an activating group) is 1. The van der Waals surface area contributed by atoms with E-state index in [2.05, 4.69) is 39.8 Å². The summed E-state index contributed by atoms with van der Waals surface area (Å²) >= 11 is 0. The van der Waals surface area contributed by atoms with Gasteiger partial charge in [0.25, 0.3) is 0 Å². The normalized spacial score (nSPS) is 25.4. The average Bonchev–Trinajstić information content (AvgIpc) is 2.25. The van der Waals surface area contributed by atoms with E-state index in [1.807, 2.05) is 0 Å². The van der Waals surface area contributed by atoms with Crippen LogP contribution in [0, 0.1) is 0 Å². The van der Waals surface area contributed by atoms with Crippen molar-refractivity contribution in [1.82, 2.24) is 4.90 Å². The molecule has 0 aromatic heterocycles. The van der Waals surface area contributed by atoms with E-state index in [9.17, 15) is 0 Å². The van der Waals surface area contributed by atoms with Crippen LogP contribution in [0.5, 0.6) is 0 Å². The van der Waals surface area contributed by atoms with Crippen LogP contribution in [0.15, 0.2) is 0 Å². The van der Waals surface area contributed by atoms with Crippen molar-refractivity contribution >= 4 is 0 Å². The van der Waals surface area contributed by atoms with Crippen molar-refractivity contribution in [3.63, 3.8) is 0 Å². The number of piperazine rings is 1. The van der Waals surface area contributed by atoms with Gasteiger partial charge in [-0.2, -0.15) is 0 Å². The summed E-state index contributed by atoms with van der Waals surface area (Å²) in [7, 11) is 4.84. The second-order valence-corrected chi connectivity index (χ2v) is 6.59. The van der Waals surface area contributed by atoms with Crippen LogP contribution in [-0.2, 0) is 0 Å². The number of hydrogen-bond donors (Lipinski definition) is 0. The Hall–Kier alpha value is -0.0800. The minimum atomic E-state index is 0.716. The van der Waals surface area contributed by atoms with Crippen molar-refractivity contribution in [2.24, 2.45) is 0 Å². The van der Waals surface area contributed by atoms with Gasteiger partial charge in [0.1, 0.15) is 6.04 Å². The van der Waals surface area contributed by atoms with Gasteiger partial charge in [0.2, 0.25) is 0 Å². The molecule has 0 radical (unpaired) electrons. The molecule has 0 aliphatic carbocycles. The number of unbranched alkanes of at least 4 members (excludes halogenated alkanes) is 3. The Bertz CT molecular complexity index is 211. The first-order chi connectivity index (χ1) is 7.97. The highest BCUT2D eigenvalue weighted by Crippen LogP contribution is 2.21. The van der Waals surface area contributed by atoms with Crippen LogP contribution >= 0.6 is 0 Å². The Labute approximate surface area is 109 Å². The van der Waals surface area contributed by atoms with E-state index >= 15 is 0 Å². The molecule has 1 atom stereocenters. The van der Waals surface area contributed by atoms with Crippen molar-refractivity contribution in [1.29, 1.82) is 0 Å². The molecular formula is C15H33N2+. The van der Waals surface area contributed by atoms with Gasteiger partial charge in [0, 0.05) is 19.0 Å². The molecule has 0 bridgehead atoms. The highest BCUT2D eigenvalue weighted by atomic mass is 15.4. The van der Waals surface area contributed by atoms with E-state index < -0.39 is 0 Å². The molecular weight excluding hydrogens is 208 g/mol. The Morgan fingerprint density at radius 3 is 2.47 bits per heavy atom. The first-order valence-corrected chi connectivity index (χ1v) is 7.54. The molecule has 0 saturated carbocycles. The fraction of sp³-hybridized carbons (Fsp3) is 1.00. The Balaban J connectivity index is 2.41. The third-order valence-corrected chi connectivity index (χ3v) is 4.52. The minimum absolute atomic E-state index is 0.716. The topological polar surface area (TPSA) is 3.24 Å². The smallest absolute Gasteiger partial charge is 0.101 e. The van der Waals surface area contributed by atoms with Crippen molar-refractivity contribution in [2.45, 2.75) is 65.0 Å². The van der Waals surface area contributed by atoms with Crippen molar-refractivity contribution in [3.8, 4) is 0 Å². The number of nitrogens with zero attached hydrogens (tertiary/aromatic N) is 2. The van der Waals surface area contributed by atoms with Gasteiger partial charge in [-0.1, -0.05) is 26.2 Å². The van der Waals surface area contributed by atoms with Crippen molar-refractivity contribution < 1.29 is 4.48 Å². The lowest BCUT2D eigenvalue weighted by atomic mass is 10.0. The van der Waals surface area contributed by atoms with Crippen LogP contribution < -0.4 is 0 Å². The van der Waals surface area contributed by atoms with Gasteiger partial charge in [-0.15, -0.1) is 0 Å². The molecule has 1 fully saturated rings. The van der Waals surface area contributed by atoms with Gasteiger partial charge in [-0.3, -0.25) is 4.90 Å². The van der Waals surface area contributed by atoms with Gasteiger partial charge in [0.15, 0.2) is 0 Å². The fourth-order valence-electron chi connectivity index (χ4n) is 2.87. The third-order valence-electron chi connectivity index (χ3n) is 4.52. The maximum absolute atomic E-state index is 2.66. The maximum atomic E-state index is 2.66. The Morgan fingerprint density at radius 2 is 1.88 bits per heavy atom. The number of quaternary nitrogens is 1. The molecule has 1 aliphatic heterocycles. The van der Waals surface area contributed by atoms with E-state index in [4.69, 9.17) is 0 Å². The van der Waals surface area contributed by atoms with Crippen LogP contribution in [0.1, 0.15) is 52.9 Å². The monoisotopic (exact) mass is 241 g/mol. The molecule has 2 heteroatoms. The van der Waals surface area contributed by atoms with Crippen LogP contribution in [0.4, 0.5) is 0 Å². The summed E-state index contributed by atoms with van der Waals surface area (Å²) in [6.45, 7) is 10.9. The quantitative estimate of drug-likeness (QED) is 0.510. The molecule has 1 heterocycles. The lowest BCUT2D eigenvalue weighted by molar-refractivity contribution is -0.920. The Kier molecular flexibility index (Phi) is 5.94. The van der Waals surface area contributed by atoms with Crippen LogP contribution in [0.25, 0.3) is 0 Å². The summed E-state index contributed by atoms with van der Waals surface area (Å²) in [5, 5.41) is 0. The molecule has 17 heavy (non-hydrogen) atoms. The third kappa shape index (κ3) is 4.59. The van der Waals surface area contributed by atoms with E-state index in [0.717, 1.165) is 6.04 Å². The zero-order valence-corrected chi connectivity index (χ0v) is 12.7. The molecule has 0 aromatic carbocycles. The highest BCUT2D eigenvalue weighted by Gasteiger charge is 2.35. The lowest BCUT2D eigenvalue weighted by Gasteiger charge is -2.47. The number of hydrogen-bond acceptors (Lipinski definition) is 1. The number of rotatable bonds is 6. The van der Waals surface area contributed by atoms with Crippen molar-refractivity contribution in [3.05, 3.63) is 0 Å². The van der Waals surface area contributed by atoms with Crippen LogP contribution in [0.2, 0.25) is 0 Å². The fourth-order valence-corrected chi connectivity index (χ4v) is 2.87. The van der Waals surface area contributed by atoms with E-state index in [-0.39, 0.29) is 0 Å². The molecule has 1 aliphatic rings. The molecule has 1 saturated heterocycles. The molecule has 102 valence electrons. The second kappa shape index (κ2) is 6.75. The van der Waals surface area contributed by atoms with Crippen LogP contribution in [-0.4, -0.2) is 55.2 Å². The minimum Gasteiger partial charge on any atom is -0.324 e. The molecule has 0 aromatic rings. The van der Waals surface area contributed by atoms with E-state index in [1.165, 1.54) is 56.2 Å².